The SMILES string of the molecule is COC1CCCO1.CSC1O[C@H]([C@H](N)[C@H](C)Sc2ccc(-c3cccnc3)cc2)C(O)[C@@H](O)[C@H]1O.CSC1O[C@H]([C@H](NC(=O)C(F)(F)F)[C@H](C)Sc2ccc(-c3cccnc3)cc2)C(O[Si](C)(C)C)[C@@H](O[Si](C)(C)C)[C@H]1O[Si](C)(C)C.[Li+].[OH-]. The number of thioether (sulfide) groups is 4. The molecular formula is C56H86F3LiN4O12S4Si3. The Bertz CT molecular complexity index is 2500. The van der Waals surface area contributed by atoms with Crippen LogP contribution in [0.15, 0.2) is 107 Å². The number of benzene rings is 2. The molecule has 4 aromatic rings. The average Bonchev–Trinajstić information content (AvgIpc) is 4.05. The van der Waals surface area contributed by atoms with Crippen LogP contribution in [0.1, 0.15) is 26.7 Å². The van der Waals surface area contributed by atoms with Gasteiger partial charge in [-0.2, -0.15) is 13.2 Å². The zero-order valence-electron chi connectivity index (χ0n) is 50.3. The van der Waals surface area contributed by atoms with E-state index in [-0.39, 0.29) is 35.9 Å². The van der Waals surface area contributed by atoms with Crippen LogP contribution in [0.4, 0.5) is 13.2 Å². The first kappa shape index (κ1) is 75.4. The third-order valence-corrected chi connectivity index (χ3v) is 20.0. The van der Waals surface area contributed by atoms with E-state index in [2.05, 4.69) is 54.6 Å². The smallest absolute Gasteiger partial charge is 0.870 e. The number of hydrogen-bond donors (Lipinski definition) is 5. The fourth-order valence-corrected chi connectivity index (χ4v) is 16.0. The van der Waals surface area contributed by atoms with Gasteiger partial charge in [-0.15, -0.1) is 47.0 Å². The van der Waals surface area contributed by atoms with Gasteiger partial charge in [0.15, 0.2) is 31.2 Å². The third kappa shape index (κ3) is 23.6. The van der Waals surface area contributed by atoms with Gasteiger partial charge in [0.25, 0.3) is 0 Å². The molecule has 7 rings (SSSR count). The summed E-state index contributed by atoms with van der Waals surface area (Å²) in [6.07, 6.45) is 0.700. The van der Waals surface area contributed by atoms with Crippen molar-refractivity contribution in [2.24, 2.45) is 5.73 Å². The fourth-order valence-electron chi connectivity index (χ4n) is 9.12. The summed E-state index contributed by atoms with van der Waals surface area (Å²) in [4.78, 5) is 22.8. The topological polar surface area (TPSA) is 236 Å². The molecule has 3 saturated heterocycles. The predicted molar refractivity (Wildman–Crippen MR) is 331 cm³/mol. The summed E-state index contributed by atoms with van der Waals surface area (Å²) in [6.45, 7) is 23.2. The number of aliphatic hydroxyl groups excluding tert-OH is 3. The first-order valence-corrected chi connectivity index (χ1v) is 41.6. The second kappa shape index (κ2) is 34.2. The molecule has 3 fully saturated rings. The van der Waals surface area contributed by atoms with Crippen molar-refractivity contribution in [3.8, 4) is 22.3 Å². The summed E-state index contributed by atoms with van der Waals surface area (Å²) >= 11 is 5.66. The number of amides is 1. The van der Waals surface area contributed by atoms with Gasteiger partial charge < -0.3 is 64.1 Å². The molecule has 16 nitrogen and oxygen atoms in total. The second-order valence-corrected chi connectivity index (χ2v) is 41.1. The number of ether oxygens (including phenoxy) is 4. The van der Waals surface area contributed by atoms with Gasteiger partial charge >= 0.3 is 30.9 Å². The number of hydrogen-bond acceptors (Lipinski definition) is 19. The van der Waals surface area contributed by atoms with Crippen molar-refractivity contribution in [1.82, 2.24) is 15.3 Å². The number of pyridine rings is 2. The van der Waals surface area contributed by atoms with Gasteiger partial charge in [-0.05, 0) is 137 Å². The van der Waals surface area contributed by atoms with Crippen molar-refractivity contribution in [3.63, 3.8) is 0 Å². The molecule has 3 aliphatic heterocycles. The van der Waals surface area contributed by atoms with E-state index in [1.807, 2.05) is 119 Å². The van der Waals surface area contributed by atoms with E-state index in [0.717, 1.165) is 51.5 Å². The Balaban J connectivity index is 0.000000411. The summed E-state index contributed by atoms with van der Waals surface area (Å²) in [7, 11) is -5.04. The monoisotopic (exact) mass is 1280 g/mol. The van der Waals surface area contributed by atoms with Crippen molar-refractivity contribution >= 4 is 77.9 Å². The average molecular weight is 1280 g/mol. The summed E-state index contributed by atoms with van der Waals surface area (Å²) in [5, 5.41) is 32.1. The Morgan fingerprint density at radius 3 is 1.53 bits per heavy atom. The van der Waals surface area contributed by atoms with Crippen molar-refractivity contribution in [2.75, 3.05) is 26.2 Å². The maximum atomic E-state index is 13.8. The fraction of sp³-hybridized carbons (Fsp3) is 0.589. The van der Waals surface area contributed by atoms with Gasteiger partial charge in [0.05, 0.1) is 6.04 Å². The summed E-state index contributed by atoms with van der Waals surface area (Å²) in [5.74, 6) is -2.02. The standard InChI is InChI=1S/C31H49F3N2O5S2Si3.C20H26N2O4S2.C5H10O2.Li.H2O/c1-20(43-23-16-14-21(15-17-23)22-13-12-18-35-19-22)24(36-30(37)31(32,33)34)25-26(39-44(3,4)5)27(40-45(6,7)8)28(29(38-25)42-2)41-46(9,10)11;1-11(15(21)19-17(24)16(23)18(25)20(26-19)27-2)28-14-7-5-12(6-8-14)13-4-3-9-22-10-13;1-6-5-3-2-4-7-5;;/h12-20,24-29H,1-11H3,(H,36,37);3-11,15-20,23-25H,21H2,1-2H3;5H,2-4H2,1H3;;1H2/q;;;+1;/p-1/t20-,24+,25+,26?,27+,28+,29?;11-,15+,16+,17?,18+,19+,20?;;;/m00.../s1. The molecule has 15 atom stereocenters. The van der Waals surface area contributed by atoms with Crippen LogP contribution in [0.2, 0.25) is 58.9 Å². The van der Waals surface area contributed by atoms with Gasteiger partial charge in [0.1, 0.15) is 59.7 Å². The number of aliphatic hydroxyl groups is 3. The van der Waals surface area contributed by atoms with Gasteiger partial charge in [-0.25, -0.2) is 0 Å². The molecule has 0 spiro atoms. The largest absolute Gasteiger partial charge is 1.00 e. The van der Waals surface area contributed by atoms with E-state index in [0.29, 0.717) is 0 Å². The Morgan fingerprint density at radius 2 is 1.13 bits per heavy atom. The Labute approximate surface area is 521 Å². The maximum absolute atomic E-state index is 13.8. The van der Waals surface area contributed by atoms with Crippen LogP contribution in [0.3, 0.4) is 0 Å². The minimum atomic E-state index is -5.07. The number of alkyl halides is 3. The van der Waals surface area contributed by atoms with Crippen molar-refractivity contribution in [3.05, 3.63) is 97.6 Å². The predicted octanol–water partition coefficient (Wildman–Crippen LogP) is 7.35. The van der Waals surface area contributed by atoms with Gasteiger partial charge in [0.2, 0.25) is 0 Å². The number of halogens is 3. The Hall–Kier alpha value is -1.83. The molecule has 0 aliphatic carbocycles. The zero-order chi connectivity index (χ0) is 60.0. The number of nitrogens with two attached hydrogens (primary N) is 1. The van der Waals surface area contributed by atoms with Crippen LogP contribution >= 0.6 is 47.0 Å². The second-order valence-electron chi connectivity index (χ2n) is 22.9. The quantitative estimate of drug-likeness (QED) is 0.0430. The van der Waals surface area contributed by atoms with Gasteiger partial charge in [0, 0.05) is 71.3 Å². The summed E-state index contributed by atoms with van der Waals surface area (Å²) in [6, 6.07) is 22.0. The van der Waals surface area contributed by atoms with Crippen LogP contribution in [0, 0.1) is 0 Å². The summed E-state index contributed by atoms with van der Waals surface area (Å²) in [5.41, 5.74) is 9.24. The molecule has 5 heterocycles. The number of carbonyl (C=O) groups excluding carboxylic acids is 1. The van der Waals surface area contributed by atoms with Crippen molar-refractivity contribution in [1.29, 1.82) is 0 Å². The van der Waals surface area contributed by atoms with Crippen molar-refractivity contribution < 1.29 is 89.8 Å². The number of rotatable bonds is 20. The molecule has 5 unspecified atom stereocenters. The van der Waals surface area contributed by atoms with Crippen molar-refractivity contribution in [2.45, 2.75) is 190 Å². The van der Waals surface area contributed by atoms with E-state index in [9.17, 15) is 33.3 Å². The minimum Gasteiger partial charge on any atom is -0.870 e. The number of carbonyl (C=O) groups is 1. The van der Waals surface area contributed by atoms with E-state index in [1.54, 1.807) is 43.7 Å². The van der Waals surface area contributed by atoms with E-state index in [1.165, 1.54) is 35.3 Å². The molecule has 83 heavy (non-hydrogen) atoms. The van der Waals surface area contributed by atoms with E-state index < -0.39 is 114 Å². The third-order valence-electron chi connectivity index (χ3n) is 12.9. The molecule has 27 heteroatoms. The first-order valence-electron chi connectivity index (χ1n) is 27.0. The molecule has 0 radical (unpaired) electrons. The molecule has 7 N–H and O–H groups in total. The van der Waals surface area contributed by atoms with Crippen LogP contribution in [-0.4, -0.2) is 183 Å². The van der Waals surface area contributed by atoms with Crippen LogP contribution in [0.5, 0.6) is 0 Å². The summed E-state index contributed by atoms with van der Waals surface area (Å²) < 4.78 is 84.2. The first-order chi connectivity index (χ1) is 37.9. The number of methoxy groups -OCH3 is 1. The molecule has 2 aromatic carbocycles. The minimum absolute atomic E-state index is 0. The Kier molecular flexibility index (Phi) is 31.1. The molecule has 1 amide bonds. The number of aromatic nitrogens is 2. The molecular weight excluding hydrogens is 1200 g/mol. The van der Waals surface area contributed by atoms with E-state index in [4.69, 9.17) is 38.0 Å². The maximum Gasteiger partial charge on any atom is 1.00 e. The number of nitrogens with zero attached hydrogens (tertiary/aromatic N) is 2. The van der Waals surface area contributed by atoms with Crippen LogP contribution < -0.4 is 29.9 Å². The zero-order valence-corrected chi connectivity index (χ0v) is 56.6. The molecule has 460 valence electrons. The molecule has 0 bridgehead atoms. The normalized spacial score (nSPS) is 26.3. The molecule has 3 aliphatic rings. The Morgan fingerprint density at radius 1 is 0.675 bits per heavy atom. The van der Waals surface area contributed by atoms with Gasteiger partial charge in [-0.3, -0.25) is 14.8 Å². The van der Waals surface area contributed by atoms with Crippen LogP contribution in [-0.2, 0) is 37.0 Å². The molecule has 2 aromatic heterocycles. The van der Waals surface area contributed by atoms with Crippen LogP contribution in [0.25, 0.3) is 22.3 Å². The van der Waals surface area contributed by atoms with Gasteiger partial charge in [-0.1, -0.05) is 50.2 Å². The number of nitrogens with one attached hydrogen (secondary N) is 1. The molecule has 0 saturated carbocycles. The van der Waals surface area contributed by atoms with E-state index >= 15 is 0 Å².